The number of carbonyl (C=O) groups excluding carboxylic acids is 1. The Labute approximate surface area is 123 Å². The summed E-state index contributed by atoms with van der Waals surface area (Å²) in [6.45, 7) is 1.70. The summed E-state index contributed by atoms with van der Waals surface area (Å²) < 4.78 is 7.34. The molecule has 7 heteroatoms. The number of aromatic nitrogens is 3. The van der Waals surface area contributed by atoms with Crippen LogP contribution in [0.25, 0.3) is 15.8 Å². The summed E-state index contributed by atoms with van der Waals surface area (Å²) in [7, 11) is 1.61. The zero-order valence-electron chi connectivity index (χ0n) is 11.4. The fraction of sp³-hybridized carbons (Fsp3) is 0.143. The van der Waals surface area contributed by atoms with Gasteiger partial charge in [-0.3, -0.25) is 9.59 Å². The molecule has 0 spiro atoms. The highest BCUT2D eigenvalue weighted by Gasteiger charge is 2.11. The van der Waals surface area contributed by atoms with Crippen LogP contribution in [-0.4, -0.2) is 19.8 Å². The maximum absolute atomic E-state index is 12.3. The summed E-state index contributed by atoms with van der Waals surface area (Å²) >= 11 is 1.20. The fourth-order valence-electron chi connectivity index (χ4n) is 2.14. The average molecular weight is 301 g/mol. The second-order valence-corrected chi connectivity index (χ2v) is 5.47. The third-order valence-corrected chi connectivity index (χ3v) is 4.25. The Morgan fingerprint density at radius 2 is 2.00 bits per heavy atom. The maximum atomic E-state index is 12.3. The summed E-state index contributed by atoms with van der Waals surface area (Å²) in [5, 5.41) is 0.641. The van der Waals surface area contributed by atoms with Crippen molar-refractivity contribution >= 4 is 27.9 Å². The molecule has 0 aliphatic heterocycles. The Kier molecular flexibility index (Phi) is 3.06. The van der Waals surface area contributed by atoms with Crippen molar-refractivity contribution in [2.45, 2.75) is 6.92 Å². The van der Waals surface area contributed by atoms with Gasteiger partial charge in [0, 0.05) is 24.2 Å². The van der Waals surface area contributed by atoms with Gasteiger partial charge >= 0.3 is 5.69 Å². The van der Waals surface area contributed by atoms with Gasteiger partial charge in [-0.05, 0) is 36.7 Å². The molecule has 3 rings (SSSR count). The molecule has 0 fully saturated rings. The predicted molar refractivity (Wildman–Crippen MR) is 80.6 cm³/mol. The molecule has 0 bridgehead atoms. The lowest BCUT2D eigenvalue weighted by atomic mass is 10.2. The average Bonchev–Trinajstić information content (AvgIpc) is 2.87. The number of nitrogens with zero attached hydrogens (tertiary/aromatic N) is 3. The van der Waals surface area contributed by atoms with Gasteiger partial charge in [-0.2, -0.15) is 4.37 Å². The summed E-state index contributed by atoms with van der Waals surface area (Å²) in [4.78, 5) is 35.4. The molecule has 106 valence electrons. The highest BCUT2D eigenvalue weighted by Crippen LogP contribution is 2.23. The highest BCUT2D eigenvalue weighted by molar-refractivity contribution is 7.13. The number of carbonyl (C=O) groups is 1. The van der Waals surface area contributed by atoms with Crippen LogP contribution < -0.4 is 11.2 Å². The van der Waals surface area contributed by atoms with Crippen LogP contribution in [0.4, 0.5) is 0 Å². The van der Waals surface area contributed by atoms with Crippen molar-refractivity contribution in [3.63, 3.8) is 0 Å². The highest BCUT2D eigenvalue weighted by atomic mass is 32.1. The van der Waals surface area contributed by atoms with Gasteiger partial charge in [0.05, 0.1) is 10.4 Å². The van der Waals surface area contributed by atoms with E-state index in [-0.39, 0.29) is 0 Å². The second-order valence-electron chi connectivity index (χ2n) is 4.67. The summed E-state index contributed by atoms with van der Waals surface area (Å²) in [6.07, 6.45) is 0.665. The van der Waals surface area contributed by atoms with Gasteiger partial charge < -0.3 is 4.57 Å². The zero-order chi connectivity index (χ0) is 15.1. The first-order valence-corrected chi connectivity index (χ1v) is 6.95. The van der Waals surface area contributed by atoms with Crippen molar-refractivity contribution in [1.29, 1.82) is 0 Å². The molecule has 2 aromatic heterocycles. The fourth-order valence-corrected chi connectivity index (χ4v) is 2.87. The number of benzene rings is 1. The van der Waals surface area contributed by atoms with Crippen molar-refractivity contribution in [3.8, 4) is 5.69 Å². The van der Waals surface area contributed by atoms with Gasteiger partial charge in [0.1, 0.15) is 5.69 Å². The first-order valence-electron chi connectivity index (χ1n) is 6.17. The van der Waals surface area contributed by atoms with E-state index < -0.39 is 11.2 Å². The molecular weight excluding hydrogens is 290 g/mol. The normalized spacial score (nSPS) is 11.0. The third kappa shape index (κ3) is 2.02. The van der Waals surface area contributed by atoms with E-state index in [1.165, 1.54) is 22.2 Å². The van der Waals surface area contributed by atoms with E-state index in [2.05, 4.69) is 4.37 Å². The number of hydrogen-bond donors (Lipinski definition) is 0. The predicted octanol–water partition coefficient (Wildman–Crippen LogP) is 1.27. The van der Waals surface area contributed by atoms with Crippen LogP contribution in [-0.2, 0) is 7.05 Å². The van der Waals surface area contributed by atoms with Crippen LogP contribution in [0, 0.1) is 6.92 Å². The minimum absolute atomic E-state index is 0.314. The van der Waals surface area contributed by atoms with E-state index >= 15 is 0 Å². The Balaban J connectivity index is 2.36. The molecule has 0 saturated carbocycles. The number of aldehydes is 1. The number of rotatable bonds is 2. The van der Waals surface area contributed by atoms with E-state index in [1.54, 1.807) is 32.2 Å². The van der Waals surface area contributed by atoms with Crippen LogP contribution in [0.1, 0.15) is 16.2 Å². The van der Waals surface area contributed by atoms with E-state index in [0.717, 1.165) is 9.27 Å². The van der Waals surface area contributed by atoms with E-state index in [0.29, 0.717) is 28.7 Å². The molecule has 0 atom stereocenters. The molecule has 0 radical (unpaired) electrons. The van der Waals surface area contributed by atoms with Crippen LogP contribution in [0.2, 0.25) is 0 Å². The van der Waals surface area contributed by atoms with E-state index in [9.17, 15) is 14.4 Å². The SMILES string of the molecule is Cc1cc(=O)n(-c2ccc3snc(C=O)c3c2)c(=O)n1C. The molecule has 1 aromatic carbocycles. The van der Waals surface area contributed by atoms with E-state index in [1.807, 2.05) is 0 Å². The lowest BCUT2D eigenvalue weighted by Gasteiger charge is -2.09. The molecule has 0 N–H and O–H groups in total. The number of hydrogen-bond acceptors (Lipinski definition) is 5. The van der Waals surface area contributed by atoms with Gasteiger partial charge in [0.2, 0.25) is 0 Å². The smallest absolute Gasteiger partial charge is 0.301 e. The maximum Gasteiger partial charge on any atom is 0.335 e. The topological polar surface area (TPSA) is 74.0 Å². The lowest BCUT2D eigenvalue weighted by Crippen LogP contribution is -2.38. The zero-order valence-corrected chi connectivity index (χ0v) is 12.2. The Morgan fingerprint density at radius 3 is 2.71 bits per heavy atom. The van der Waals surface area contributed by atoms with E-state index in [4.69, 9.17) is 0 Å². The monoisotopic (exact) mass is 301 g/mol. The first-order chi connectivity index (χ1) is 10.0. The molecule has 0 saturated heterocycles. The van der Waals surface area contributed by atoms with Crippen LogP contribution >= 0.6 is 11.5 Å². The Hall–Kier alpha value is -2.54. The van der Waals surface area contributed by atoms with Gasteiger partial charge in [0.25, 0.3) is 5.56 Å². The van der Waals surface area contributed by atoms with Gasteiger partial charge in [-0.15, -0.1) is 0 Å². The van der Waals surface area contributed by atoms with Crippen LogP contribution in [0.5, 0.6) is 0 Å². The Bertz CT molecular complexity index is 981. The Morgan fingerprint density at radius 1 is 1.24 bits per heavy atom. The van der Waals surface area contributed by atoms with Crippen molar-refractivity contribution < 1.29 is 4.79 Å². The molecule has 0 aliphatic rings. The van der Waals surface area contributed by atoms with Gasteiger partial charge in [-0.25, -0.2) is 9.36 Å². The second kappa shape index (κ2) is 4.78. The van der Waals surface area contributed by atoms with Gasteiger partial charge in [-0.1, -0.05) is 0 Å². The third-order valence-electron chi connectivity index (χ3n) is 3.41. The number of fused-ring (bicyclic) bond motifs is 1. The molecule has 3 aromatic rings. The van der Waals surface area contributed by atoms with Crippen molar-refractivity contribution in [2.75, 3.05) is 0 Å². The molecule has 21 heavy (non-hydrogen) atoms. The quantitative estimate of drug-likeness (QED) is 0.668. The van der Waals surface area contributed by atoms with Gasteiger partial charge in [0.15, 0.2) is 6.29 Å². The molecule has 0 aliphatic carbocycles. The van der Waals surface area contributed by atoms with Crippen molar-refractivity contribution in [1.82, 2.24) is 13.5 Å². The minimum Gasteiger partial charge on any atom is -0.301 e. The molecule has 0 unspecified atom stereocenters. The minimum atomic E-state index is -0.421. The summed E-state index contributed by atoms with van der Waals surface area (Å²) in [6, 6.07) is 6.47. The van der Waals surface area contributed by atoms with Crippen LogP contribution in [0.15, 0.2) is 33.9 Å². The first kappa shape index (κ1) is 13.4. The molecule has 2 heterocycles. The van der Waals surface area contributed by atoms with Crippen molar-refractivity contribution in [3.05, 3.63) is 56.5 Å². The molecule has 6 nitrogen and oxygen atoms in total. The molecule has 0 amide bonds. The van der Waals surface area contributed by atoms with Crippen molar-refractivity contribution in [2.24, 2.45) is 7.05 Å². The standard InChI is InChI=1S/C14H11N3O3S/c1-8-5-13(19)17(14(20)16(8)2)9-3-4-12-10(6-9)11(7-18)15-21-12/h3-7H,1-2H3. The molecular formula is C14H11N3O3S. The summed E-state index contributed by atoms with van der Waals surface area (Å²) in [5.74, 6) is 0. The summed E-state index contributed by atoms with van der Waals surface area (Å²) in [5.41, 5.74) is 0.513. The van der Waals surface area contributed by atoms with Crippen LogP contribution in [0.3, 0.4) is 0 Å². The lowest BCUT2D eigenvalue weighted by molar-refractivity contribution is 0.112. The largest absolute Gasteiger partial charge is 0.335 e. The number of aryl methyl sites for hydroxylation is 1.